The number of phenols is 1. The van der Waals surface area contributed by atoms with Crippen LogP contribution < -0.4 is 20.7 Å². The second-order valence-electron chi connectivity index (χ2n) is 8.52. The third-order valence-electron chi connectivity index (χ3n) is 5.99. The molecule has 6 rings (SSSR count). The molecule has 0 unspecified atom stereocenters. The summed E-state index contributed by atoms with van der Waals surface area (Å²) in [4.78, 5) is 31.8. The van der Waals surface area contributed by atoms with E-state index in [-0.39, 0.29) is 34.7 Å². The van der Waals surface area contributed by atoms with Gasteiger partial charge in [-0.1, -0.05) is 16.8 Å². The van der Waals surface area contributed by atoms with Gasteiger partial charge in [0.25, 0.3) is 5.56 Å². The van der Waals surface area contributed by atoms with Gasteiger partial charge in [-0.15, -0.1) is 5.10 Å². The third-order valence-corrected chi connectivity index (χ3v) is 6.24. The number of halogens is 1. The van der Waals surface area contributed by atoms with Crippen LogP contribution in [-0.2, 0) is 6.61 Å². The van der Waals surface area contributed by atoms with Crippen molar-refractivity contribution in [3.8, 4) is 34.3 Å². The van der Waals surface area contributed by atoms with Gasteiger partial charge in [-0.2, -0.15) is 0 Å². The lowest BCUT2D eigenvalue weighted by Crippen LogP contribution is -2.10. The van der Waals surface area contributed by atoms with Crippen LogP contribution in [0, 0.1) is 0 Å². The summed E-state index contributed by atoms with van der Waals surface area (Å²) in [6.45, 7) is 0.0655. The predicted molar refractivity (Wildman–Crippen MR) is 143 cm³/mol. The smallest absolute Gasteiger partial charge is 0.336 e. The van der Waals surface area contributed by atoms with Crippen molar-refractivity contribution < 1.29 is 19.0 Å². The summed E-state index contributed by atoms with van der Waals surface area (Å²) in [6, 6.07) is 15.9. The zero-order valence-corrected chi connectivity index (χ0v) is 21.0. The first-order valence-electron chi connectivity index (χ1n) is 11.6. The number of ether oxygens (including phenoxy) is 2. The highest BCUT2D eigenvalue weighted by Gasteiger charge is 2.16. The van der Waals surface area contributed by atoms with E-state index >= 15 is 0 Å². The van der Waals surface area contributed by atoms with E-state index in [0.717, 1.165) is 5.69 Å². The molecule has 0 aliphatic carbocycles. The molecule has 2 N–H and O–H groups in total. The Hall–Kier alpha value is -5.16. The van der Waals surface area contributed by atoms with E-state index in [1.54, 1.807) is 29.1 Å². The Morgan fingerprint density at radius 2 is 1.87 bits per heavy atom. The van der Waals surface area contributed by atoms with Gasteiger partial charge in [-0.25, -0.2) is 14.5 Å². The SMILES string of the molecule is COc1cc2c(=O)[nH]c(-c3cc4oc(=O)ccc4cc3O)nc2cc1OCc1cn(-c2ccc(Cl)cc2)nn1. The number of aromatic amines is 1. The Kier molecular flexibility index (Phi) is 5.97. The number of phenolic OH excluding ortho intramolecular Hbond substituents is 1. The molecule has 6 aromatic rings. The minimum atomic E-state index is -0.541. The van der Waals surface area contributed by atoms with Crippen molar-refractivity contribution in [1.29, 1.82) is 0 Å². The molecule has 3 aromatic heterocycles. The number of rotatable bonds is 6. The molecule has 39 heavy (non-hydrogen) atoms. The summed E-state index contributed by atoms with van der Waals surface area (Å²) >= 11 is 5.95. The molecule has 0 fully saturated rings. The summed E-state index contributed by atoms with van der Waals surface area (Å²) < 4.78 is 18.2. The summed E-state index contributed by atoms with van der Waals surface area (Å²) in [6.07, 6.45) is 1.72. The van der Waals surface area contributed by atoms with Gasteiger partial charge >= 0.3 is 5.63 Å². The van der Waals surface area contributed by atoms with Crippen LogP contribution in [0.5, 0.6) is 17.2 Å². The van der Waals surface area contributed by atoms with Crippen molar-refractivity contribution in [2.45, 2.75) is 6.61 Å². The summed E-state index contributed by atoms with van der Waals surface area (Å²) in [5.41, 5.74) is 1.06. The lowest BCUT2D eigenvalue weighted by atomic mass is 10.1. The van der Waals surface area contributed by atoms with E-state index in [9.17, 15) is 14.7 Å². The molecule has 0 aliphatic heterocycles. The fourth-order valence-corrected chi connectivity index (χ4v) is 4.20. The molecule has 0 atom stereocenters. The van der Waals surface area contributed by atoms with Gasteiger partial charge in [0.15, 0.2) is 11.5 Å². The van der Waals surface area contributed by atoms with Crippen LogP contribution in [0.4, 0.5) is 0 Å². The van der Waals surface area contributed by atoms with E-state index < -0.39 is 11.2 Å². The number of methoxy groups -OCH3 is 1. The number of aromatic hydroxyl groups is 1. The quantitative estimate of drug-likeness (QED) is 0.295. The van der Waals surface area contributed by atoms with Crippen molar-refractivity contribution in [3.05, 3.63) is 98.4 Å². The highest BCUT2D eigenvalue weighted by Crippen LogP contribution is 2.34. The number of nitrogens with one attached hydrogen (secondary N) is 1. The minimum absolute atomic E-state index is 0.0655. The number of H-pyrrole nitrogens is 1. The topological polar surface area (TPSA) is 145 Å². The monoisotopic (exact) mass is 543 g/mol. The standard InChI is InChI=1S/C27H18ClN5O6/c1-37-23-9-18-20(11-24(23)38-13-16-12-33(32-31-16)17-5-3-15(28)4-6-17)29-26(30-27(18)36)19-10-22-14(8-21(19)34)2-7-25(35)39-22/h2-12,34H,13H2,1H3,(H,29,30,36). The zero-order valence-electron chi connectivity index (χ0n) is 20.2. The van der Waals surface area contributed by atoms with E-state index in [0.29, 0.717) is 33.1 Å². The molecule has 11 nitrogen and oxygen atoms in total. The average Bonchev–Trinajstić information content (AvgIpc) is 3.40. The Labute approximate surface area is 223 Å². The van der Waals surface area contributed by atoms with Crippen LogP contribution in [-0.4, -0.2) is 37.2 Å². The van der Waals surface area contributed by atoms with E-state index in [1.165, 1.54) is 37.4 Å². The van der Waals surface area contributed by atoms with Gasteiger partial charge in [0.1, 0.15) is 29.5 Å². The van der Waals surface area contributed by atoms with Gasteiger partial charge in [0, 0.05) is 22.5 Å². The Bertz CT molecular complexity index is 1980. The first kappa shape index (κ1) is 24.2. The summed E-state index contributed by atoms with van der Waals surface area (Å²) in [5, 5.41) is 20.2. The van der Waals surface area contributed by atoms with Crippen molar-refractivity contribution in [3.63, 3.8) is 0 Å². The van der Waals surface area contributed by atoms with E-state index in [1.807, 2.05) is 12.1 Å². The van der Waals surface area contributed by atoms with Gasteiger partial charge in [0.05, 0.1) is 35.5 Å². The van der Waals surface area contributed by atoms with E-state index in [2.05, 4.69) is 20.3 Å². The average molecular weight is 544 g/mol. The van der Waals surface area contributed by atoms with Gasteiger partial charge < -0.3 is 24.0 Å². The minimum Gasteiger partial charge on any atom is -0.507 e. The molecule has 0 aliphatic rings. The highest BCUT2D eigenvalue weighted by molar-refractivity contribution is 6.30. The van der Waals surface area contributed by atoms with Crippen LogP contribution in [0.15, 0.2) is 80.9 Å². The molecule has 3 heterocycles. The first-order chi connectivity index (χ1) is 18.9. The molecule has 3 aromatic carbocycles. The van der Waals surface area contributed by atoms with Crippen LogP contribution in [0.25, 0.3) is 38.9 Å². The number of nitrogens with zero attached hydrogens (tertiary/aromatic N) is 4. The van der Waals surface area contributed by atoms with E-state index in [4.69, 9.17) is 25.5 Å². The Balaban J connectivity index is 1.34. The molecule has 0 saturated heterocycles. The van der Waals surface area contributed by atoms with Crippen molar-refractivity contribution in [1.82, 2.24) is 25.0 Å². The Morgan fingerprint density at radius 3 is 2.67 bits per heavy atom. The maximum Gasteiger partial charge on any atom is 0.336 e. The van der Waals surface area contributed by atoms with Crippen molar-refractivity contribution in [2.75, 3.05) is 7.11 Å². The maximum atomic E-state index is 12.9. The van der Waals surface area contributed by atoms with Gasteiger partial charge in [0.2, 0.25) is 0 Å². The molecule has 194 valence electrons. The van der Waals surface area contributed by atoms with Crippen LogP contribution in [0.1, 0.15) is 5.69 Å². The van der Waals surface area contributed by atoms with Gasteiger partial charge in [-0.3, -0.25) is 4.79 Å². The fraction of sp³-hybridized carbons (Fsp3) is 0.0741. The fourth-order valence-electron chi connectivity index (χ4n) is 4.08. The Morgan fingerprint density at radius 1 is 1.05 bits per heavy atom. The molecular weight excluding hydrogens is 526 g/mol. The number of aromatic nitrogens is 5. The number of hydrogen-bond acceptors (Lipinski definition) is 9. The van der Waals surface area contributed by atoms with Crippen LogP contribution in [0.3, 0.4) is 0 Å². The number of fused-ring (bicyclic) bond motifs is 2. The van der Waals surface area contributed by atoms with Crippen molar-refractivity contribution in [2.24, 2.45) is 0 Å². The first-order valence-corrected chi connectivity index (χ1v) is 11.9. The summed E-state index contributed by atoms with van der Waals surface area (Å²) in [7, 11) is 1.46. The molecule has 0 amide bonds. The normalized spacial score (nSPS) is 11.2. The predicted octanol–water partition coefficient (Wildman–Crippen LogP) is 4.22. The number of benzene rings is 3. The molecule has 0 saturated carbocycles. The zero-order chi connectivity index (χ0) is 27.1. The van der Waals surface area contributed by atoms with Crippen LogP contribution in [0.2, 0.25) is 5.02 Å². The molecule has 0 spiro atoms. The third kappa shape index (κ3) is 4.66. The van der Waals surface area contributed by atoms with Crippen molar-refractivity contribution >= 4 is 33.5 Å². The highest BCUT2D eigenvalue weighted by atomic mass is 35.5. The second kappa shape index (κ2) is 9.62. The molecule has 12 heteroatoms. The molecular formula is C27H18ClN5O6. The lowest BCUT2D eigenvalue weighted by Gasteiger charge is -2.12. The largest absolute Gasteiger partial charge is 0.507 e. The van der Waals surface area contributed by atoms with Crippen LogP contribution >= 0.6 is 11.6 Å². The van der Waals surface area contributed by atoms with Gasteiger partial charge in [-0.05, 0) is 48.5 Å². The molecule has 0 radical (unpaired) electrons. The number of hydrogen-bond donors (Lipinski definition) is 2. The summed E-state index contributed by atoms with van der Waals surface area (Å²) in [5.74, 6) is 0.583. The maximum absolute atomic E-state index is 12.9. The molecule has 0 bridgehead atoms. The second-order valence-corrected chi connectivity index (χ2v) is 8.95. The lowest BCUT2D eigenvalue weighted by molar-refractivity contribution is 0.281.